The van der Waals surface area contributed by atoms with E-state index in [1.807, 2.05) is 29.2 Å². The Morgan fingerprint density at radius 3 is 2.71 bits per heavy atom. The van der Waals surface area contributed by atoms with Gasteiger partial charge >= 0.3 is 0 Å². The zero-order valence-corrected chi connectivity index (χ0v) is 12.2. The highest BCUT2D eigenvalue weighted by molar-refractivity contribution is 5.98. The number of carbonyl (C=O) groups excluding carboxylic acids is 1. The molecule has 0 spiro atoms. The van der Waals surface area contributed by atoms with Crippen LogP contribution in [0, 0.1) is 0 Å². The third-order valence-corrected chi connectivity index (χ3v) is 3.93. The molecule has 2 aromatic carbocycles. The molecule has 0 bridgehead atoms. The van der Waals surface area contributed by atoms with Crippen LogP contribution >= 0.6 is 0 Å². The van der Waals surface area contributed by atoms with Crippen LogP contribution in [0.1, 0.15) is 27.9 Å². The second-order valence-electron chi connectivity index (χ2n) is 5.34. The molecule has 2 aromatic rings. The number of nitrogens with zero attached hydrogens (tertiary/aromatic N) is 1. The van der Waals surface area contributed by atoms with E-state index < -0.39 is 0 Å². The van der Waals surface area contributed by atoms with Crippen molar-refractivity contribution in [2.24, 2.45) is 0 Å². The highest BCUT2D eigenvalue weighted by Gasteiger charge is 2.26. The maximum Gasteiger partial charge on any atom is 0.254 e. The van der Waals surface area contributed by atoms with E-state index >= 15 is 0 Å². The molecule has 0 saturated heterocycles. The summed E-state index contributed by atoms with van der Waals surface area (Å²) in [7, 11) is 1.65. The van der Waals surface area contributed by atoms with Gasteiger partial charge in [0.2, 0.25) is 0 Å². The lowest BCUT2D eigenvalue weighted by Crippen LogP contribution is -2.25. The minimum atomic E-state index is 0.140. The number of hydrogen-bond acceptors (Lipinski definition) is 2. The Morgan fingerprint density at radius 1 is 1.14 bits per heavy atom. The number of benzene rings is 2. The van der Waals surface area contributed by atoms with Gasteiger partial charge in [-0.2, -0.15) is 0 Å². The molecule has 3 heteroatoms. The second-order valence-corrected chi connectivity index (χ2v) is 5.34. The van der Waals surface area contributed by atoms with Gasteiger partial charge in [-0.3, -0.25) is 4.79 Å². The van der Waals surface area contributed by atoms with Crippen LogP contribution in [0.25, 0.3) is 0 Å². The SMILES string of the molecule is COc1ccc2c(c1)CN(CCCc1ccccc1)C2=O. The maximum absolute atomic E-state index is 12.3. The van der Waals surface area contributed by atoms with Crippen molar-refractivity contribution in [2.45, 2.75) is 19.4 Å². The van der Waals surface area contributed by atoms with Crippen LogP contribution in [-0.4, -0.2) is 24.5 Å². The smallest absolute Gasteiger partial charge is 0.254 e. The minimum Gasteiger partial charge on any atom is -0.497 e. The summed E-state index contributed by atoms with van der Waals surface area (Å²) in [4.78, 5) is 14.2. The monoisotopic (exact) mass is 281 g/mol. The molecular weight excluding hydrogens is 262 g/mol. The lowest BCUT2D eigenvalue weighted by molar-refractivity contribution is 0.0777. The van der Waals surface area contributed by atoms with Gasteiger partial charge in [-0.25, -0.2) is 0 Å². The number of rotatable bonds is 5. The van der Waals surface area contributed by atoms with Gasteiger partial charge in [-0.15, -0.1) is 0 Å². The summed E-state index contributed by atoms with van der Waals surface area (Å²) < 4.78 is 5.22. The van der Waals surface area contributed by atoms with Gasteiger partial charge in [-0.1, -0.05) is 30.3 Å². The zero-order chi connectivity index (χ0) is 14.7. The van der Waals surface area contributed by atoms with Crippen molar-refractivity contribution >= 4 is 5.91 Å². The fourth-order valence-corrected chi connectivity index (χ4v) is 2.78. The summed E-state index contributed by atoms with van der Waals surface area (Å²) in [6.45, 7) is 1.49. The molecule has 0 unspecified atom stereocenters. The van der Waals surface area contributed by atoms with E-state index in [9.17, 15) is 4.79 Å². The van der Waals surface area contributed by atoms with Gasteiger partial charge in [0.1, 0.15) is 5.75 Å². The van der Waals surface area contributed by atoms with E-state index in [1.54, 1.807) is 7.11 Å². The third-order valence-electron chi connectivity index (χ3n) is 3.93. The van der Waals surface area contributed by atoms with Crippen LogP contribution < -0.4 is 4.74 Å². The summed E-state index contributed by atoms with van der Waals surface area (Å²) in [5, 5.41) is 0. The first kappa shape index (κ1) is 13.7. The predicted molar refractivity (Wildman–Crippen MR) is 82.5 cm³/mol. The first-order valence-corrected chi connectivity index (χ1v) is 7.28. The van der Waals surface area contributed by atoms with Crippen molar-refractivity contribution in [3.05, 3.63) is 65.2 Å². The van der Waals surface area contributed by atoms with E-state index in [0.29, 0.717) is 6.54 Å². The number of carbonyl (C=O) groups is 1. The van der Waals surface area contributed by atoms with Crippen molar-refractivity contribution < 1.29 is 9.53 Å². The topological polar surface area (TPSA) is 29.5 Å². The molecule has 0 aliphatic carbocycles. The van der Waals surface area contributed by atoms with Crippen LogP contribution in [-0.2, 0) is 13.0 Å². The molecular formula is C18H19NO2. The number of aryl methyl sites for hydroxylation is 1. The minimum absolute atomic E-state index is 0.140. The highest BCUT2D eigenvalue weighted by Crippen LogP contribution is 2.26. The Balaban J connectivity index is 1.60. The number of methoxy groups -OCH3 is 1. The summed E-state index contributed by atoms with van der Waals surface area (Å²) in [5.74, 6) is 0.952. The normalized spacial score (nSPS) is 13.4. The molecule has 1 aliphatic heterocycles. The number of fused-ring (bicyclic) bond motifs is 1. The molecule has 0 atom stereocenters. The van der Waals surface area contributed by atoms with Crippen molar-refractivity contribution in [3.8, 4) is 5.75 Å². The Kier molecular flexibility index (Phi) is 3.91. The number of ether oxygens (including phenoxy) is 1. The fraction of sp³-hybridized carbons (Fsp3) is 0.278. The van der Waals surface area contributed by atoms with Crippen molar-refractivity contribution in [3.63, 3.8) is 0 Å². The molecule has 21 heavy (non-hydrogen) atoms. The van der Waals surface area contributed by atoms with E-state index in [1.165, 1.54) is 5.56 Å². The van der Waals surface area contributed by atoms with Gasteiger partial charge in [0.15, 0.2) is 0 Å². The Labute approximate surface area is 125 Å². The molecule has 108 valence electrons. The second kappa shape index (κ2) is 6.00. The van der Waals surface area contributed by atoms with Crippen molar-refractivity contribution in [1.29, 1.82) is 0 Å². The Morgan fingerprint density at radius 2 is 1.95 bits per heavy atom. The number of amides is 1. The summed E-state index contributed by atoms with van der Waals surface area (Å²) in [5.41, 5.74) is 3.21. The van der Waals surface area contributed by atoms with E-state index in [-0.39, 0.29) is 5.91 Å². The molecule has 0 saturated carbocycles. The van der Waals surface area contributed by atoms with Crippen molar-refractivity contribution in [1.82, 2.24) is 4.90 Å². The zero-order valence-electron chi connectivity index (χ0n) is 12.2. The van der Waals surface area contributed by atoms with Gasteiger partial charge < -0.3 is 9.64 Å². The summed E-state index contributed by atoms with van der Waals surface area (Å²) in [6.07, 6.45) is 1.99. The van der Waals surface area contributed by atoms with Gasteiger partial charge in [0, 0.05) is 18.7 Å². The third kappa shape index (κ3) is 2.92. The van der Waals surface area contributed by atoms with Crippen LogP contribution in [0.2, 0.25) is 0 Å². The largest absolute Gasteiger partial charge is 0.497 e. The standard InChI is InChI=1S/C18H19NO2/c1-21-16-9-10-17-15(12-16)13-19(18(17)20)11-5-8-14-6-3-2-4-7-14/h2-4,6-7,9-10,12H,5,8,11,13H2,1H3. The molecule has 0 fully saturated rings. The first-order chi connectivity index (χ1) is 10.3. The van der Waals surface area contributed by atoms with Crippen LogP contribution in [0.5, 0.6) is 5.75 Å². The summed E-state index contributed by atoms with van der Waals surface area (Å²) >= 11 is 0. The first-order valence-electron chi connectivity index (χ1n) is 7.28. The van der Waals surface area contributed by atoms with E-state index in [0.717, 1.165) is 36.3 Å². The average molecular weight is 281 g/mol. The van der Waals surface area contributed by atoms with Crippen LogP contribution in [0.15, 0.2) is 48.5 Å². The highest BCUT2D eigenvalue weighted by atomic mass is 16.5. The average Bonchev–Trinajstić information content (AvgIpc) is 2.84. The maximum atomic E-state index is 12.3. The lowest BCUT2D eigenvalue weighted by Gasteiger charge is -2.15. The lowest BCUT2D eigenvalue weighted by atomic mass is 10.1. The van der Waals surface area contributed by atoms with Gasteiger partial charge in [0.05, 0.1) is 7.11 Å². The van der Waals surface area contributed by atoms with Gasteiger partial charge in [-0.05, 0) is 42.2 Å². The van der Waals surface area contributed by atoms with Crippen LogP contribution in [0.3, 0.4) is 0 Å². The Hall–Kier alpha value is -2.29. The molecule has 0 radical (unpaired) electrons. The molecule has 1 amide bonds. The fourth-order valence-electron chi connectivity index (χ4n) is 2.78. The Bertz CT molecular complexity index is 637. The molecule has 1 heterocycles. The molecule has 3 nitrogen and oxygen atoms in total. The van der Waals surface area contributed by atoms with E-state index in [2.05, 4.69) is 24.3 Å². The van der Waals surface area contributed by atoms with Crippen molar-refractivity contribution in [2.75, 3.05) is 13.7 Å². The summed E-state index contributed by atoms with van der Waals surface area (Å²) in [6, 6.07) is 16.1. The van der Waals surface area contributed by atoms with Crippen LogP contribution in [0.4, 0.5) is 0 Å². The van der Waals surface area contributed by atoms with Gasteiger partial charge in [0.25, 0.3) is 5.91 Å². The molecule has 0 aromatic heterocycles. The molecule has 0 N–H and O–H groups in total. The molecule has 3 rings (SSSR count). The molecule has 1 aliphatic rings. The quantitative estimate of drug-likeness (QED) is 0.841. The predicted octanol–water partition coefficient (Wildman–Crippen LogP) is 3.28. The number of hydrogen-bond donors (Lipinski definition) is 0. The van der Waals surface area contributed by atoms with E-state index in [4.69, 9.17) is 4.74 Å².